The van der Waals surface area contributed by atoms with Crippen molar-refractivity contribution in [2.45, 2.75) is 0 Å². The molecular weight excluding hydrogens is 605 g/mol. The number of hydrogen-bond acceptors (Lipinski definition) is 4. The number of furan rings is 1. The Bertz CT molecular complexity index is 2830. The van der Waals surface area contributed by atoms with Crippen molar-refractivity contribution in [1.82, 2.24) is 9.97 Å². The van der Waals surface area contributed by atoms with Gasteiger partial charge in [-0.05, 0) is 63.4 Å². The van der Waals surface area contributed by atoms with Gasteiger partial charge in [0.15, 0.2) is 5.82 Å². The van der Waals surface area contributed by atoms with Gasteiger partial charge in [-0.15, -0.1) is 11.3 Å². The zero-order valence-electron chi connectivity index (χ0n) is 25.7. The molecule has 0 radical (unpaired) electrons. The summed E-state index contributed by atoms with van der Waals surface area (Å²) in [5.41, 5.74) is 10.3. The molecular formula is C44H26N2OS. The Morgan fingerprint density at radius 2 is 1.17 bits per heavy atom. The van der Waals surface area contributed by atoms with E-state index in [9.17, 15) is 0 Å². The van der Waals surface area contributed by atoms with Crippen LogP contribution in [0.5, 0.6) is 0 Å². The molecule has 4 heteroatoms. The van der Waals surface area contributed by atoms with Gasteiger partial charge in [0.05, 0.1) is 15.9 Å². The summed E-state index contributed by atoms with van der Waals surface area (Å²) >= 11 is 1.75. The first kappa shape index (κ1) is 27.1. The van der Waals surface area contributed by atoms with Gasteiger partial charge in [-0.1, -0.05) is 127 Å². The highest BCUT2D eigenvalue weighted by molar-refractivity contribution is 7.26. The number of aromatic nitrogens is 2. The molecule has 48 heavy (non-hydrogen) atoms. The molecule has 0 aliphatic rings. The van der Waals surface area contributed by atoms with Crippen LogP contribution in [-0.4, -0.2) is 9.97 Å². The third kappa shape index (κ3) is 4.34. The van der Waals surface area contributed by atoms with E-state index in [0.29, 0.717) is 5.82 Å². The topological polar surface area (TPSA) is 38.9 Å². The summed E-state index contributed by atoms with van der Waals surface area (Å²) in [6.07, 6.45) is 0. The second-order valence-corrected chi connectivity index (χ2v) is 13.2. The number of rotatable bonds is 4. The zero-order valence-corrected chi connectivity index (χ0v) is 26.5. The van der Waals surface area contributed by atoms with Crippen molar-refractivity contribution < 1.29 is 4.42 Å². The summed E-state index contributed by atoms with van der Waals surface area (Å²) in [7, 11) is 0. The molecule has 0 amide bonds. The maximum Gasteiger partial charge on any atom is 0.160 e. The lowest BCUT2D eigenvalue weighted by Gasteiger charge is -2.09. The van der Waals surface area contributed by atoms with Crippen molar-refractivity contribution in [3.63, 3.8) is 0 Å². The molecule has 0 saturated heterocycles. The van der Waals surface area contributed by atoms with Crippen LogP contribution >= 0.6 is 11.3 Å². The summed E-state index contributed by atoms with van der Waals surface area (Å²) in [4.78, 5) is 10.5. The Hall–Kier alpha value is -6.10. The number of benzene rings is 7. The van der Waals surface area contributed by atoms with Crippen LogP contribution in [0.3, 0.4) is 0 Å². The van der Waals surface area contributed by atoms with Gasteiger partial charge >= 0.3 is 0 Å². The lowest BCUT2D eigenvalue weighted by molar-refractivity contribution is 0.669. The summed E-state index contributed by atoms with van der Waals surface area (Å²) in [6, 6.07) is 55.5. The summed E-state index contributed by atoms with van der Waals surface area (Å²) in [5.74, 6) is 0.712. The van der Waals surface area contributed by atoms with Crippen molar-refractivity contribution in [3.8, 4) is 44.9 Å². The second-order valence-electron chi connectivity index (χ2n) is 12.2. The minimum absolute atomic E-state index is 0.712. The fourth-order valence-corrected chi connectivity index (χ4v) is 8.06. The summed E-state index contributed by atoms with van der Waals surface area (Å²) < 4.78 is 8.84. The van der Waals surface area contributed by atoms with E-state index < -0.39 is 0 Å². The molecule has 10 aromatic rings. The van der Waals surface area contributed by atoms with E-state index in [0.717, 1.165) is 59.9 Å². The van der Waals surface area contributed by atoms with Crippen LogP contribution in [0.2, 0.25) is 0 Å². The molecule has 0 atom stereocenters. The number of nitrogens with zero attached hydrogens (tertiary/aromatic N) is 2. The van der Waals surface area contributed by atoms with Gasteiger partial charge in [-0.3, -0.25) is 0 Å². The Balaban J connectivity index is 1.17. The molecule has 3 nitrogen and oxygen atoms in total. The molecule has 7 aromatic carbocycles. The molecule has 3 aromatic heterocycles. The van der Waals surface area contributed by atoms with Gasteiger partial charge in [0, 0.05) is 32.0 Å². The summed E-state index contributed by atoms with van der Waals surface area (Å²) in [6.45, 7) is 0. The fourth-order valence-electron chi connectivity index (χ4n) is 6.92. The molecule has 0 spiro atoms. The molecule has 0 aliphatic carbocycles. The van der Waals surface area contributed by atoms with Crippen molar-refractivity contribution >= 4 is 64.4 Å². The van der Waals surface area contributed by atoms with Gasteiger partial charge in [-0.2, -0.15) is 0 Å². The average molecular weight is 631 g/mol. The molecule has 0 fully saturated rings. The van der Waals surface area contributed by atoms with Crippen molar-refractivity contribution in [3.05, 3.63) is 158 Å². The van der Waals surface area contributed by atoms with Gasteiger partial charge in [0.1, 0.15) is 11.2 Å². The molecule has 0 unspecified atom stereocenters. The fraction of sp³-hybridized carbons (Fsp3) is 0. The third-order valence-electron chi connectivity index (χ3n) is 9.30. The van der Waals surface area contributed by atoms with Crippen molar-refractivity contribution in [2.75, 3.05) is 0 Å². The number of fused-ring (bicyclic) bond motifs is 7. The summed E-state index contributed by atoms with van der Waals surface area (Å²) in [5, 5.41) is 5.75. The predicted octanol–water partition coefficient (Wildman–Crippen LogP) is 12.6. The van der Waals surface area contributed by atoms with E-state index in [2.05, 4.69) is 152 Å². The normalized spacial score (nSPS) is 11.8. The Morgan fingerprint density at radius 3 is 2.06 bits per heavy atom. The van der Waals surface area contributed by atoms with Gasteiger partial charge in [0.2, 0.25) is 0 Å². The predicted molar refractivity (Wildman–Crippen MR) is 201 cm³/mol. The van der Waals surface area contributed by atoms with Crippen LogP contribution in [0, 0.1) is 0 Å². The second kappa shape index (κ2) is 10.7. The van der Waals surface area contributed by atoms with Gasteiger partial charge in [-0.25, -0.2) is 9.97 Å². The Kier molecular flexibility index (Phi) is 6.05. The third-order valence-corrected chi connectivity index (χ3v) is 10.5. The largest absolute Gasteiger partial charge is 0.456 e. The van der Waals surface area contributed by atoms with Crippen LogP contribution < -0.4 is 0 Å². The first-order valence-corrected chi connectivity index (χ1v) is 16.9. The minimum atomic E-state index is 0.712. The quantitative estimate of drug-likeness (QED) is 0.194. The van der Waals surface area contributed by atoms with Gasteiger partial charge < -0.3 is 4.42 Å². The molecule has 0 saturated carbocycles. The lowest BCUT2D eigenvalue weighted by atomic mass is 9.98. The van der Waals surface area contributed by atoms with Crippen LogP contribution in [0.1, 0.15) is 0 Å². The maximum absolute atomic E-state index is 6.57. The zero-order chi connectivity index (χ0) is 31.6. The van der Waals surface area contributed by atoms with Crippen LogP contribution in [0.15, 0.2) is 162 Å². The Morgan fingerprint density at radius 1 is 0.458 bits per heavy atom. The van der Waals surface area contributed by atoms with E-state index in [1.54, 1.807) is 11.3 Å². The maximum atomic E-state index is 6.57. The first-order valence-electron chi connectivity index (χ1n) is 16.1. The monoisotopic (exact) mass is 630 g/mol. The van der Waals surface area contributed by atoms with E-state index >= 15 is 0 Å². The molecule has 224 valence electrons. The van der Waals surface area contributed by atoms with E-state index in [1.165, 1.54) is 32.2 Å². The standard InChI is InChI=1S/C44H26N2OS/c1-2-9-27(10-3-1)29-17-20-30(21-18-29)44-45-41-35-13-6-7-16-39(35)48-43(41)42(46-44)36-14-8-15-37-40(36)34-24-23-33(26-38(34)47-37)32-22-19-28-11-4-5-12-31(28)25-32/h1-26H. The van der Waals surface area contributed by atoms with E-state index in [-0.39, 0.29) is 0 Å². The van der Waals surface area contributed by atoms with E-state index in [1.807, 2.05) is 6.07 Å². The molecule has 0 N–H and O–H groups in total. The van der Waals surface area contributed by atoms with Gasteiger partial charge in [0.25, 0.3) is 0 Å². The molecule has 3 heterocycles. The first-order chi connectivity index (χ1) is 23.8. The highest BCUT2D eigenvalue weighted by Crippen LogP contribution is 2.44. The number of thiophene rings is 1. The molecule has 0 aliphatic heterocycles. The van der Waals surface area contributed by atoms with E-state index in [4.69, 9.17) is 14.4 Å². The van der Waals surface area contributed by atoms with Crippen LogP contribution in [-0.2, 0) is 0 Å². The SMILES string of the molecule is c1ccc(-c2ccc(-c3nc(-c4cccc5oc6cc(-c7ccc8ccccc8c7)ccc6c45)c4sc5ccccc5c4n3)cc2)cc1. The highest BCUT2D eigenvalue weighted by Gasteiger charge is 2.21. The molecule has 0 bridgehead atoms. The van der Waals surface area contributed by atoms with Crippen LogP contribution in [0.4, 0.5) is 0 Å². The minimum Gasteiger partial charge on any atom is -0.456 e. The lowest BCUT2D eigenvalue weighted by Crippen LogP contribution is -1.94. The molecule has 10 rings (SSSR count). The highest BCUT2D eigenvalue weighted by atomic mass is 32.1. The Labute approximate surface area is 280 Å². The average Bonchev–Trinajstić information content (AvgIpc) is 3.73. The number of hydrogen-bond donors (Lipinski definition) is 0. The smallest absolute Gasteiger partial charge is 0.160 e. The van der Waals surface area contributed by atoms with Crippen LogP contribution in [0.25, 0.3) is 97.9 Å². The van der Waals surface area contributed by atoms with Crippen molar-refractivity contribution in [1.29, 1.82) is 0 Å². The van der Waals surface area contributed by atoms with Crippen molar-refractivity contribution in [2.24, 2.45) is 0 Å².